The molecular weight excluding hydrogens is 178 g/mol. The predicted octanol–water partition coefficient (Wildman–Crippen LogP) is 1.30. The number of carbonyl (C=O) groups is 1. The molecule has 0 heterocycles. The van der Waals surface area contributed by atoms with Crippen molar-refractivity contribution in [1.82, 2.24) is 5.32 Å². The molecule has 0 aromatic heterocycles. The standard InChI is InChI=1S/C11H13NO2/c1-7(13)12-10-6-11(14)9-5-3-2-4-8(9)10/h2-5,10-11,14H,6H2,1H3,(H,12,13). The van der Waals surface area contributed by atoms with Crippen molar-refractivity contribution in [2.75, 3.05) is 0 Å². The highest BCUT2D eigenvalue weighted by molar-refractivity contribution is 5.73. The van der Waals surface area contributed by atoms with Crippen molar-refractivity contribution in [2.24, 2.45) is 0 Å². The van der Waals surface area contributed by atoms with E-state index in [-0.39, 0.29) is 11.9 Å². The Morgan fingerprint density at radius 1 is 1.43 bits per heavy atom. The molecular formula is C11H13NO2. The molecule has 0 saturated heterocycles. The van der Waals surface area contributed by atoms with Gasteiger partial charge in [0.15, 0.2) is 0 Å². The Labute approximate surface area is 82.8 Å². The number of amides is 1. The number of hydrogen-bond donors (Lipinski definition) is 2. The van der Waals surface area contributed by atoms with Crippen LogP contribution in [-0.4, -0.2) is 11.0 Å². The third-order valence-electron chi connectivity index (χ3n) is 2.57. The second-order valence-electron chi connectivity index (χ2n) is 3.63. The number of aliphatic hydroxyl groups excluding tert-OH is 1. The molecule has 2 rings (SSSR count). The second-order valence-corrected chi connectivity index (χ2v) is 3.63. The number of aliphatic hydroxyl groups is 1. The van der Waals surface area contributed by atoms with Gasteiger partial charge in [-0.2, -0.15) is 0 Å². The van der Waals surface area contributed by atoms with Crippen LogP contribution in [-0.2, 0) is 4.79 Å². The monoisotopic (exact) mass is 191 g/mol. The zero-order valence-corrected chi connectivity index (χ0v) is 8.03. The molecule has 1 amide bonds. The van der Waals surface area contributed by atoms with Gasteiger partial charge >= 0.3 is 0 Å². The molecule has 3 heteroatoms. The van der Waals surface area contributed by atoms with E-state index >= 15 is 0 Å². The Hall–Kier alpha value is -1.35. The number of benzene rings is 1. The highest BCUT2D eigenvalue weighted by atomic mass is 16.3. The van der Waals surface area contributed by atoms with E-state index in [0.29, 0.717) is 6.42 Å². The maximum Gasteiger partial charge on any atom is 0.217 e. The summed E-state index contributed by atoms with van der Waals surface area (Å²) in [5.41, 5.74) is 1.97. The van der Waals surface area contributed by atoms with E-state index in [1.54, 1.807) is 0 Å². The summed E-state index contributed by atoms with van der Waals surface area (Å²) in [6.07, 6.45) is 0.141. The van der Waals surface area contributed by atoms with Crippen molar-refractivity contribution >= 4 is 5.91 Å². The maximum atomic E-state index is 10.9. The molecule has 3 nitrogen and oxygen atoms in total. The minimum atomic E-state index is -0.442. The van der Waals surface area contributed by atoms with Gasteiger partial charge in [0.25, 0.3) is 0 Å². The van der Waals surface area contributed by atoms with E-state index in [2.05, 4.69) is 5.32 Å². The van der Waals surface area contributed by atoms with Crippen LogP contribution in [0.15, 0.2) is 24.3 Å². The van der Waals surface area contributed by atoms with E-state index in [9.17, 15) is 9.90 Å². The zero-order chi connectivity index (χ0) is 10.1. The second kappa shape index (κ2) is 3.42. The molecule has 1 aromatic rings. The molecule has 1 aliphatic carbocycles. The van der Waals surface area contributed by atoms with Gasteiger partial charge in [-0.15, -0.1) is 0 Å². The first-order valence-corrected chi connectivity index (χ1v) is 4.72. The van der Waals surface area contributed by atoms with E-state index in [4.69, 9.17) is 0 Å². The zero-order valence-electron chi connectivity index (χ0n) is 8.03. The molecule has 0 aliphatic heterocycles. The Morgan fingerprint density at radius 2 is 2.07 bits per heavy atom. The molecule has 14 heavy (non-hydrogen) atoms. The van der Waals surface area contributed by atoms with Crippen molar-refractivity contribution in [2.45, 2.75) is 25.5 Å². The van der Waals surface area contributed by atoms with Gasteiger partial charge in [0, 0.05) is 13.3 Å². The third kappa shape index (κ3) is 1.51. The van der Waals surface area contributed by atoms with Crippen LogP contribution >= 0.6 is 0 Å². The Balaban J connectivity index is 2.29. The van der Waals surface area contributed by atoms with E-state index in [1.807, 2.05) is 24.3 Å². The van der Waals surface area contributed by atoms with Crippen molar-refractivity contribution in [1.29, 1.82) is 0 Å². The molecule has 74 valence electrons. The average Bonchev–Trinajstić information content (AvgIpc) is 2.44. The highest BCUT2D eigenvalue weighted by Gasteiger charge is 2.29. The first-order chi connectivity index (χ1) is 6.68. The molecule has 2 unspecified atom stereocenters. The fourth-order valence-electron chi connectivity index (χ4n) is 1.99. The quantitative estimate of drug-likeness (QED) is 0.703. The van der Waals surface area contributed by atoms with Crippen LogP contribution in [0, 0.1) is 0 Å². The van der Waals surface area contributed by atoms with E-state index in [0.717, 1.165) is 11.1 Å². The number of rotatable bonds is 1. The normalized spacial score (nSPS) is 24.4. The van der Waals surface area contributed by atoms with E-state index < -0.39 is 6.10 Å². The first-order valence-electron chi connectivity index (χ1n) is 4.72. The van der Waals surface area contributed by atoms with Crippen LogP contribution < -0.4 is 5.32 Å². The van der Waals surface area contributed by atoms with Crippen LogP contribution in [0.4, 0.5) is 0 Å². The Morgan fingerprint density at radius 3 is 2.71 bits per heavy atom. The minimum Gasteiger partial charge on any atom is -0.388 e. The van der Waals surface area contributed by atoms with Gasteiger partial charge in [-0.3, -0.25) is 4.79 Å². The van der Waals surface area contributed by atoms with Crippen LogP contribution in [0.5, 0.6) is 0 Å². The number of hydrogen-bond acceptors (Lipinski definition) is 2. The summed E-state index contributed by atoms with van der Waals surface area (Å²) >= 11 is 0. The Bertz CT molecular complexity index is 362. The average molecular weight is 191 g/mol. The van der Waals surface area contributed by atoms with Crippen LogP contribution in [0.3, 0.4) is 0 Å². The number of fused-ring (bicyclic) bond motifs is 1. The van der Waals surface area contributed by atoms with Gasteiger partial charge in [-0.25, -0.2) is 0 Å². The first kappa shape index (κ1) is 9.21. The van der Waals surface area contributed by atoms with Crippen molar-refractivity contribution in [3.63, 3.8) is 0 Å². The Kier molecular flexibility index (Phi) is 2.25. The van der Waals surface area contributed by atoms with Gasteiger partial charge < -0.3 is 10.4 Å². The topological polar surface area (TPSA) is 49.3 Å². The molecule has 0 saturated carbocycles. The largest absolute Gasteiger partial charge is 0.388 e. The summed E-state index contributed by atoms with van der Waals surface area (Å²) in [7, 11) is 0. The van der Waals surface area contributed by atoms with Gasteiger partial charge in [-0.05, 0) is 11.1 Å². The molecule has 1 aliphatic rings. The number of nitrogens with one attached hydrogen (secondary N) is 1. The summed E-state index contributed by atoms with van der Waals surface area (Å²) < 4.78 is 0. The lowest BCUT2D eigenvalue weighted by Gasteiger charge is -2.11. The van der Waals surface area contributed by atoms with Crippen molar-refractivity contribution < 1.29 is 9.90 Å². The lowest BCUT2D eigenvalue weighted by molar-refractivity contribution is -0.119. The smallest absolute Gasteiger partial charge is 0.217 e. The van der Waals surface area contributed by atoms with Crippen molar-refractivity contribution in [3.8, 4) is 0 Å². The van der Waals surface area contributed by atoms with Gasteiger partial charge in [0.2, 0.25) is 5.91 Å². The lowest BCUT2D eigenvalue weighted by Crippen LogP contribution is -2.24. The third-order valence-corrected chi connectivity index (χ3v) is 2.57. The van der Waals surface area contributed by atoms with Gasteiger partial charge in [0.1, 0.15) is 0 Å². The van der Waals surface area contributed by atoms with Crippen LogP contribution in [0.25, 0.3) is 0 Å². The van der Waals surface area contributed by atoms with E-state index in [1.165, 1.54) is 6.92 Å². The summed E-state index contributed by atoms with van der Waals surface area (Å²) in [5, 5.41) is 12.5. The summed E-state index contributed by atoms with van der Waals surface area (Å²) in [4.78, 5) is 10.9. The molecule has 2 atom stereocenters. The SMILES string of the molecule is CC(=O)NC1CC(O)c2ccccc21. The summed E-state index contributed by atoms with van der Waals surface area (Å²) in [6, 6.07) is 7.65. The summed E-state index contributed by atoms with van der Waals surface area (Å²) in [5.74, 6) is -0.0566. The molecule has 0 bridgehead atoms. The summed E-state index contributed by atoms with van der Waals surface area (Å²) in [6.45, 7) is 1.49. The van der Waals surface area contributed by atoms with Gasteiger partial charge in [-0.1, -0.05) is 24.3 Å². The lowest BCUT2D eigenvalue weighted by atomic mass is 10.1. The number of carbonyl (C=O) groups excluding carboxylic acids is 1. The fourth-order valence-corrected chi connectivity index (χ4v) is 1.99. The molecule has 1 aromatic carbocycles. The predicted molar refractivity (Wildman–Crippen MR) is 52.6 cm³/mol. The molecule has 2 N–H and O–H groups in total. The maximum absolute atomic E-state index is 10.9. The van der Waals surface area contributed by atoms with Gasteiger partial charge in [0.05, 0.1) is 12.1 Å². The van der Waals surface area contributed by atoms with Crippen LogP contribution in [0.1, 0.15) is 36.6 Å². The molecule has 0 radical (unpaired) electrons. The fraction of sp³-hybridized carbons (Fsp3) is 0.364. The van der Waals surface area contributed by atoms with Crippen molar-refractivity contribution in [3.05, 3.63) is 35.4 Å². The minimum absolute atomic E-state index is 0.0290. The van der Waals surface area contributed by atoms with Crippen LogP contribution in [0.2, 0.25) is 0 Å². The highest BCUT2D eigenvalue weighted by Crippen LogP contribution is 2.38. The molecule has 0 fully saturated rings. The molecule has 0 spiro atoms.